The first-order valence-corrected chi connectivity index (χ1v) is 7.78. The van der Waals surface area contributed by atoms with Gasteiger partial charge in [-0.1, -0.05) is 26.2 Å². The first-order valence-electron chi connectivity index (χ1n) is 7.78. The van der Waals surface area contributed by atoms with Gasteiger partial charge in [0.05, 0.1) is 0 Å². The molecule has 0 bridgehead atoms. The zero-order valence-corrected chi connectivity index (χ0v) is 12.3. The van der Waals surface area contributed by atoms with E-state index in [1.807, 2.05) is 6.07 Å². The van der Waals surface area contributed by atoms with Gasteiger partial charge < -0.3 is 10.7 Å². The van der Waals surface area contributed by atoms with E-state index in [-0.39, 0.29) is 0 Å². The Balaban J connectivity index is 1.68. The molecule has 5 nitrogen and oxygen atoms in total. The van der Waals surface area contributed by atoms with E-state index in [9.17, 15) is 0 Å². The molecule has 0 amide bonds. The Labute approximate surface area is 120 Å². The summed E-state index contributed by atoms with van der Waals surface area (Å²) in [7, 11) is 0. The van der Waals surface area contributed by atoms with Crippen LogP contribution in [0, 0.1) is 5.41 Å². The maximum atomic E-state index is 5.51. The largest absolute Gasteiger partial charge is 0.369 e. The van der Waals surface area contributed by atoms with Crippen molar-refractivity contribution in [1.82, 2.24) is 9.97 Å². The molecule has 0 spiro atoms. The number of rotatable bonds is 5. The first-order chi connectivity index (χ1) is 9.68. The van der Waals surface area contributed by atoms with Crippen molar-refractivity contribution in [3.63, 3.8) is 0 Å². The Hall–Kier alpha value is -1.36. The molecule has 0 saturated heterocycles. The smallest absolute Gasteiger partial charge is 0.145 e. The maximum absolute atomic E-state index is 5.51. The third-order valence-electron chi connectivity index (χ3n) is 4.59. The van der Waals surface area contributed by atoms with E-state index in [2.05, 4.69) is 27.6 Å². The lowest BCUT2D eigenvalue weighted by Gasteiger charge is -2.33. The van der Waals surface area contributed by atoms with Crippen LogP contribution < -0.4 is 16.6 Å². The number of nitrogens with two attached hydrogens (primary N) is 1. The molecule has 3 rings (SSSR count). The summed E-state index contributed by atoms with van der Waals surface area (Å²) in [4.78, 5) is 9.08. The predicted molar refractivity (Wildman–Crippen MR) is 81.5 cm³/mol. The van der Waals surface area contributed by atoms with Crippen molar-refractivity contribution in [3.05, 3.63) is 11.9 Å². The van der Waals surface area contributed by atoms with Crippen LogP contribution in [-0.2, 0) is 0 Å². The molecular formula is C15H25N5. The van der Waals surface area contributed by atoms with Crippen LogP contribution in [0.2, 0.25) is 0 Å². The fourth-order valence-electron chi connectivity index (χ4n) is 3.04. The van der Waals surface area contributed by atoms with E-state index in [0.29, 0.717) is 17.2 Å². The third-order valence-corrected chi connectivity index (χ3v) is 4.59. The Morgan fingerprint density at radius 2 is 1.90 bits per heavy atom. The van der Waals surface area contributed by atoms with Gasteiger partial charge in [0.15, 0.2) is 0 Å². The zero-order valence-electron chi connectivity index (χ0n) is 12.3. The van der Waals surface area contributed by atoms with Gasteiger partial charge in [0.25, 0.3) is 0 Å². The highest BCUT2D eigenvalue weighted by Gasteiger charge is 2.29. The number of nitrogens with zero attached hydrogens (tertiary/aromatic N) is 2. The lowest BCUT2D eigenvalue weighted by Crippen LogP contribution is -2.29. The fourth-order valence-corrected chi connectivity index (χ4v) is 3.04. The summed E-state index contributed by atoms with van der Waals surface area (Å²) in [6.45, 7) is 3.36. The van der Waals surface area contributed by atoms with Gasteiger partial charge in [0.2, 0.25) is 0 Å². The van der Waals surface area contributed by atoms with Crippen molar-refractivity contribution in [2.75, 3.05) is 17.3 Å². The molecule has 1 aromatic rings. The normalized spacial score (nSPS) is 21.5. The number of anilines is 2. The molecule has 110 valence electrons. The van der Waals surface area contributed by atoms with Gasteiger partial charge in [-0.05, 0) is 31.1 Å². The van der Waals surface area contributed by atoms with Crippen LogP contribution in [0.4, 0.5) is 11.6 Å². The van der Waals surface area contributed by atoms with E-state index >= 15 is 0 Å². The van der Waals surface area contributed by atoms with Crippen LogP contribution in [0.5, 0.6) is 0 Å². The molecule has 20 heavy (non-hydrogen) atoms. The van der Waals surface area contributed by atoms with Gasteiger partial charge in [0.1, 0.15) is 17.5 Å². The summed E-state index contributed by atoms with van der Waals surface area (Å²) < 4.78 is 0. The standard InChI is InChI=1S/C15H25N5/c1-15(7-3-2-4-8-15)10-17-12-9-13(20-16)19-14(18-12)11-5-6-11/h9,11H,2-8,10,16H2,1H3,(H2,17,18,19,20). The molecule has 1 aromatic heterocycles. The molecule has 0 aliphatic heterocycles. The number of hydrazine groups is 1. The molecular weight excluding hydrogens is 250 g/mol. The highest BCUT2D eigenvalue weighted by Crippen LogP contribution is 2.39. The Morgan fingerprint density at radius 1 is 1.20 bits per heavy atom. The zero-order chi connectivity index (χ0) is 14.0. The summed E-state index contributed by atoms with van der Waals surface area (Å²) in [6.07, 6.45) is 9.10. The van der Waals surface area contributed by atoms with E-state index in [4.69, 9.17) is 5.84 Å². The van der Waals surface area contributed by atoms with Crippen molar-refractivity contribution in [2.24, 2.45) is 11.3 Å². The highest BCUT2D eigenvalue weighted by atomic mass is 15.3. The average Bonchev–Trinajstić information content (AvgIpc) is 3.30. The van der Waals surface area contributed by atoms with Crippen molar-refractivity contribution in [1.29, 1.82) is 0 Å². The lowest BCUT2D eigenvalue weighted by atomic mass is 9.76. The van der Waals surface area contributed by atoms with Crippen molar-refractivity contribution >= 4 is 11.6 Å². The Kier molecular flexibility index (Phi) is 3.78. The second-order valence-corrected chi connectivity index (χ2v) is 6.64. The fraction of sp³-hybridized carbons (Fsp3) is 0.733. The lowest BCUT2D eigenvalue weighted by molar-refractivity contribution is 0.233. The van der Waals surface area contributed by atoms with Gasteiger partial charge in [-0.2, -0.15) is 0 Å². The second-order valence-electron chi connectivity index (χ2n) is 6.64. The minimum Gasteiger partial charge on any atom is -0.369 e. The molecule has 2 fully saturated rings. The summed E-state index contributed by atoms with van der Waals surface area (Å²) >= 11 is 0. The predicted octanol–water partition coefficient (Wildman–Crippen LogP) is 3.02. The van der Waals surface area contributed by atoms with Crippen molar-refractivity contribution in [2.45, 2.75) is 57.8 Å². The summed E-state index contributed by atoms with van der Waals surface area (Å²) in [5, 5.41) is 3.51. The van der Waals surface area contributed by atoms with E-state index in [1.54, 1.807) is 0 Å². The number of nitrogen functional groups attached to an aromatic ring is 1. The van der Waals surface area contributed by atoms with Gasteiger partial charge in [0, 0.05) is 18.5 Å². The van der Waals surface area contributed by atoms with E-state index in [0.717, 1.165) is 18.2 Å². The van der Waals surface area contributed by atoms with Gasteiger partial charge >= 0.3 is 0 Å². The first kappa shape index (κ1) is 13.6. The van der Waals surface area contributed by atoms with E-state index in [1.165, 1.54) is 44.9 Å². The van der Waals surface area contributed by atoms with Crippen LogP contribution in [0.15, 0.2) is 6.07 Å². The third kappa shape index (κ3) is 3.20. The van der Waals surface area contributed by atoms with Crippen LogP contribution in [-0.4, -0.2) is 16.5 Å². The molecule has 0 atom stereocenters. The van der Waals surface area contributed by atoms with Gasteiger partial charge in [-0.15, -0.1) is 0 Å². The molecule has 0 unspecified atom stereocenters. The SMILES string of the molecule is CC1(CNc2cc(NN)nc(C3CC3)n2)CCCCC1. The molecule has 0 aromatic carbocycles. The Bertz CT molecular complexity index is 463. The average molecular weight is 275 g/mol. The molecule has 2 aliphatic rings. The maximum Gasteiger partial charge on any atom is 0.145 e. The molecule has 0 radical (unpaired) electrons. The minimum atomic E-state index is 0.402. The number of hydrogen-bond donors (Lipinski definition) is 3. The molecule has 5 heteroatoms. The summed E-state index contributed by atoms with van der Waals surface area (Å²) in [6, 6.07) is 1.90. The molecule has 2 saturated carbocycles. The summed E-state index contributed by atoms with van der Waals surface area (Å²) in [5.41, 5.74) is 3.05. The van der Waals surface area contributed by atoms with Crippen LogP contribution in [0.1, 0.15) is 63.6 Å². The highest BCUT2D eigenvalue weighted by molar-refractivity contribution is 5.47. The molecule has 4 N–H and O–H groups in total. The van der Waals surface area contributed by atoms with Crippen LogP contribution in [0.25, 0.3) is 0 Å². The molecule has 1 heterocycles. The van der Waals surface area contributed by atoms with Gasteiger partial charge in [-0.25, -0.2) is 15.8 Å². The number of aromatic nitrogens is 2. The van der Waals surface area contributed by atoms with Crippen molar-refractivity contribution < 1.29 is 0 Å². The number of nitrogens with one attached hydrogen (secondary N) is 2. The molecule has 2 aliphatic carbocycles. The van der Waals surface area contributed by atoms with Crippen LogP contribution in [0.3, 0.4) is 0 Å². The van der Waals surface area contributed by atoms with Gasteiger partial charge in [-0.3, -0.25) is 0 Å². The quantitative estimate of drug-likeness (QED) is 0.569. The topological polar surface area (TPSA) is 75.9 Å². The monoisotopic (exact) mass is 275 g/mol. The minimum absolute atomic E-state index is 0.402. The second kappa shape index (κ2) is 5.56. The summed E-state index contributed by atoms with van der Waals surface area (Å²) in [5.74, 6) is 8.58. The Morgan fingerprint density at radius 3 is 2.55 bits per heavy atom. The van der Waals surface area contributed by atoms with Crippen molar-refractivity contribution in [3.8, 4) is 0 Å². The number of hydrogen-bond acceptors (Lipinski definition) is 5. The van der Waals surface area contributed by atoms with E-state index < -0.39 is 0 Å². The van der Waals surface area contributed by atoms with Crippen LogP contribution >= 0.6 is 0 Å².